The highest BCUT2D eigenvalue weighted by molar-refractivity contribution is 6.00. The average molecular weight is 825 g/mol. The number of hydrogen-bond donors (Lipinski definition) is 5. The molecular weight excluding hydrogens is 773 g/mol. The molecule has 316 valence electrons. The fourth-order valence-corrected chi connectivity index (χ4v) is 6.31. The molecule has 1 amide bonds. The molecule has 61 heavy (non-hydrogen) atoms. The second kappa shape index (κ2) is 21.6. The highest BCUT2D eigenvalue weighted by Gasteiger charge is 2.14. The molecule has 1 aliphatic rings. The number of amides is 1. The van der Waals surface area contributed by atoms with Crippen molar-refractivity contribution in [1.29, 1.82) is 0 Å². The molecule has 6 N–H and O–H groups in total. The van der Waals surface area contributed by atoms with Crippen LogP contribution < -0.4 is 21.3 Å². The minimum Gasteiger partial charge on any atom is -0.478 e. The Balaban J connectivity index is 0.000000258. The quantitative estimate of drug-likeness (QED) is 0.0650. The van der Waals surface area contributed by atoms with Crippen molar-refractivity contribution in [3.05, 3.63) is 149 Å². The number of anilines is 5. The van der Waals surface area contributed by atoms with E-state index in [4.69, 9.17) is 25.7 Å². The van der Waals surface area contributed by atoms with Crippen molar-refractivity contribution >= 4 is 63.2 Å². The smallest absolute Gasteiger partial charge is 0.335 e. The average Bonchev–Trinajstić information content (AvgIpc) is 3.23. The lowest BCUT2D eigenvalue weighted by atomic mass is 9.97. The van der Waals surface area contributed by atoms with Gasteiger partial charge >= 0.3 is 11.9 Å². The van der Waals surface area contributed by atoms with Crippen LogP contribution in [-0.4, -0.2) is 70.1 Å². The van der Waals surface area contributed by atoms with Gasteiger partial charge in [-0.05, 0) is 122 Å². The summed E-state index contributed by atoms with van der Waals surface area (Å²) in [4.78, 5) is 55.5. The van der Waals surface area contributed by atoms with Gasteiger partial charge in [-0.25, -0.2) is 19.6 Å². The fraction of sp³-hybridized carbons (Fsp3) is 0.208. The molecule has 1 aliphatic heterocycles. The third-order valence-electron chi connectivity index (χ3n) is 9.63. The van der Waals surface area contributed by atoms with E-state index in [1.807, 2.05) is 62.5 Å². The van der Waals surface area contributed by atoms with Crippen molar-refractivity contribution in [1.82, 2.24) is 9.97 Å². The van der Waals surface area contributed by atoms with Crippen molar-refractivity contribution in [3.8, 4) is 11.1 Å². The van der Waals surface area contributed by atoms with Gasteiger partial charge in [0.2, 0.25) is 11.9 Å². The molecule has 0 atom stereocenters. The van der Waals surface area contributed by atoms with Gasteiger partial charge in [-0.2, -0.15) is 0 Å². The van der Waals surface area contributed by atoms with Crippen LogP contribution in [0.1, 0.15) is 57.3 Å². The van der Waals surface area contributed by atoms with Gasteiger partial charge in [-0.1, -0.05) is 50.4 Å². The Morgan fingerprint density at radius 1 is 0.820 bits per heavy atom. The largest absolute Gasteiger partial charge is 0.478 e. The molecule has 13 nitrogen and oxygen atoms in total. The summed E-state index contributed by atoms with van der Waals surface area (Å²) in [6.45, 7) is 14.1. The lowest BCUT2D eigenvalue weighted by Crippen LogP contribution is -2.36. The summed E-state index contributed by atoms with van der Waals surface area (Å²) in [5, 5.41) is 24.4. The molecule has 0 aliphatic carbocycles. The van der Waals surface area contributed by atoms with Crippen molar-refractivity contribution in [2.24, 2.45) is 0 Å². The Labute approximate surface area is 355 Å². The molecule has 0 spiro atoms. The molecule has 1 saturated heterocycles. The number of aromatic nitrogens is 2. The predicted octanol–water partition coefficient (Wildman–Crippen LogP) is 9.05. The molecule has 5 aromatic carbocycles. The van der Waals surface area contributed by atoms with Crippen LogP contribution in [0.3, 0.4) is 0 Å². The van der Waals surface area contributed by atoms with E-state index in [2.05, 4.69) is 52.2 Å². The van der Waals surface area contributed by atoms with Gasteiger partial charge in [0.1, 0.15) is 5.78 Å². The SMILES string of the molecule is C.C=CC(=O)Nc1cccc(-c2c(C)ccc3cnc(Nc4ccc(N5CCOCC5)cc4)nc23)c1.CC(=O)Cc1cc(C(=O)O)ccc1C.Cc1ccc(C(=O)O)cc1N. The number of benzene rings is 5. The number of ether oxygens (including phenoxy) is 1. The number of fused-ring (bicyclic) bond motifs is 1. The van der Waals surface area contributed by atoms with Gasteiger partial charge in [0.15, 0.2) is 0 Å². The molecule has 6 aromatic rings. The summed E-state index contributed by atoms with van der Waals surface area (Å²) in [6, 6.07) is 29.6. The van der Waals surface area contributed by atoms with E-state index in [1.165, 1.54) is 30.8 Å². The van der Waals surface area contributed by atoms with Crippen LogP contribution >= 0.6 is 0 Å². The van der Waals surface area contributed by atoms with Crippen molar-refractivity contribution in [3.63, 3.8) is 0 Å². The van der Waals surface area contributed by atoms with Gasteiger partial charge in [0.05, 0.1) is 29.9 Å². The minimum atomic E-state index is -0.963. The first kappa shape index (κ1) is 46.3. The lowest BCUT2D eigenvalue weighted by molar-refractivity contribution is -0.116. The molecule has 0 saturated carbocycles. The van der Waals surface area contributed by atoms with Crippen molar-refractivity contribution in [2.75, 3.05) is 47.6 Å². The first-order chi connectivity index (χ1) is 28.7. The number of morpholine rings is 1. The second-order valence-electron chi connectivity index (χ2n) is 14.1. The summed E-state index contributed by atoms with van der Waals surface area (Å²) < 4.78 is 5.44. The van der Waals surface area contributed by atoms with E-state index in [9.17, 15) is 19.2 Å². The van der Waals surface area contributed by atoms with Crippen molar-refractivity contribution in [2.45, 2.75) is 41.5 Å². The van der Waals surface area contributed by atoms with E-state index in [1.54, 1.807) is 24.3 Å². The van der Waals surface area contributed by atoms with Crippen molar-refractivity contribution < 1.29 is 34.1 Å². The van der Waals surface area contributed by atoms with Gasteiger partial charge in [-0.3, -0.25) is 9.59 Å². The summed E-state index contributed by atoms with van der Waals surface area (Å²) in [5.41, 5.74) is 15.8. The zero-order valence-electron chi connectivity index (χ0n) is 34.0. The first-order valence-corrected chi connectivity index (χ1v) is 19.1. The Morgan fingerprint density at radius 3 is 2.08 bits per heavy atom. The molecule has 0 bridgehead atoms. The van der Waals surface area contributed by atoms with Gasteiger partial charge in [0, 0.05) is 59.4 Å². The third kappa shape index (κ3) is 12.8. The number of carbonyl (C=O) groups is 4. The second-order valence-corrected chi connectivity index (χ2v) is 14.1. The number of carboxylic acid groups (broad SMARTS) is 2. The maximum Gasteiger partial charge on any atom is 0.335 e. The van der Waals surface area contributed by atoms with E-state index in [0.29, 0.717) is 23.7 Å². The molecule has 7 rings (SSSR count). The maximum absolute atomic E-state index is 11.8. The zero-order chi connectivity index (χ0) is 43.3. The Morgan fingerprint density at radius 2 is 1.46 bits per heavy atom. The Hall–Kier alpha value is -7.38. The van der Waals surface area contributed by atoms with Crippen LogP contribution in [-0.2, 0) is 20.7 Å². The molecule has 1 fully saturated rings. The van der Waals surface area contributed by atoms with Crippen LogP contribution in [0.15, 0.2) is 116 Å². The number of rotatable bonds is 10. The Kier molecular flexibility index (Phi) is 16.4. The summed E-state index contributed by atoms with van der Waals surface area (Å²) in [5.74, 6) is -1.59. The summed E-state index contributed by atoms with van der Waals surface area (Å²) >= 11 is 0. The van der Waals surface area contributed by atoms with Crippen LogP contribution in [0.4, 0.5) is 28.7 Å². The number of aromatic carboxylic acids is 2. The monoisotopic (exact) mass is 824 g/mol. The zero-order valence-corrected chi connectivity index (χ0v) is 34.0. The van der Waals surface area contributed by atoms with Crippen LogP contribution in [0.25, 0.3) is 22.0 Å². The standard InChI is InChI=1S/C28H27N5O2.C11H12O3.C8H9NO2.CH4/c1-3-25(34)30-23-6-4-5-20(17-23)26-19(2)7-8-21-18-29-28(32-27(21)26)31-22-9-11-24(12-10-22)33-13-15-35-16-14-33;1-7-3-4-9(11(13)14)6-10(7)5-8(2)12;1-5-2-3-6(8(10)11)4-7(5)9;/h3-12,17-18H,1,13-16H2,2H3,(H,30,34)(H,29,31,32);3-4,6H,5H2,1-2H3,(H,13,14);2-4H,9H2,1H3,(H,10,11);1H4. The minimum absolute atomic E-state index is 0. The molecule has 1 aromatic heterocycles. The van der Waals surface area contributed by atoms with Gasteiger partial charge < -0.3 is 36.2 Å². The number of hydrogen-bond acceptors (Lipinski definition) is 10. The lowest BCUT2D eigenvalue weighted by Gasteiger charge is -2.28. The normalized spacial score (nSPS) is 11.7. The van der Waals surface area contributed by atoms with E-state index < -0.39 is 11.9 Å². The number of nitrogens with zero attached hydrogens (tertiary/aromatic N) is 3. The number of aryl methyl sites for hydroxylation is 3. The fourth-order valence-electron chi connectivity index (χ4n) is 6.31. The number of nitrogens with one attached hydrogen (secondary N) is 2. The topological polar surface area (TPSA) is 197 Å². The number of Topliss-reactive ketones (excluding diaryl/α,β-unsaturated/α-hetero) is 1. The predicted molar refractivity (Wildman–Crippen MR) is 243 cm³/mol. The number of carbonyl (C=O) groups excluding carboxylic acids is 2. The highest BCUT2D eigenvalue weighted by Crippen LogP contribution is 2.33. The van der Waals surface area contributed by atoms with E-state index >= 15 is 0 Å². The number of nitrogens with two attached hydrogens (primary N) is 1. The van der Waals surface area contributed by atoms with Gasteiger partial charge in [0.25, 0.3) is 0 Å². The van der Waals surface area contributed by atoms with E-state index in [0.717, 1.165) is 76.3 Å². The number of nitrogen functional groups attached to an aromatic ring is 1. The third-order valence-corrected chi connectivity index (χ3v) is 9.63. The van der Waals surface area contributed by atoms with Crippen LogP contribution in [0.2, 0.25) is 0 Å². The van der Waals surface area contributed by atoms with Crippen LogP contribution in [0.5, 0.6) is 0 Å². The Bertz CT molecular complexity index is 2530. The molecule has 0 radical (unpaired) electrons. The summed E-state index contributed by atoms with van der Waals surface area (Å²) in [6.07, 6.45) is 3.39. The molecular formula is C48H52N6O7. The maximum atomic E-state index is 11.8. The summed E-state index contributed by atoms with van der Waals surface area (Å²) in [7, 11) is 0. The van der Waals surface area contributed by atoms with Crippen LogP contribution in [0, 0.1) is 20.8 Å². The highest BCUT2D eigenvalue weighted by atomic mass is 16.5. The molecule has 2 heterocycles. The number of ketones is 1. The molecule has 13 heteroatoms. The first-order valence-electron chi connectivity index (χ1n) is 19.1. The van der Waals surface area contributed by atoms with E-state index in [-0.39, 0.29) is 30.2 Å². The van der Waals surface area contributed by atoms with Gasteiger partial charge in [-0.15, -0.1) is 0 Å². The number of carboxylic acids is 2. The molecule has 0 unspecified atom stereocenters.